The highest BCUT2D eigenvalue weighted by Gasteiger charge is 2.35. The molecule has 1 aliphatic heterocycles. The van der Waals surface area contributed by atoms with Gasteiger partial charge in [-0.05, 0) is 20.3 Å². The van der Waals surface area contributed by atoms with E-state index in [2.05, 4.69) is 4.90 Å². The summed E-state index contributed by atoms with van der Waals surface area (Å²) in [7, 11) is 0. The molecule has 0 aromatic heterocycles. The first-order valence-electron chi connectivity index (χ1n) is 4.68. The molecule has 0 radical (unpaired) electrons. The average molecular weight is 187 g/mol. The van der Waals surface area contributed by atoms with Crippen LogP contribution in [-0.2, 0) is 4.79 Å². The number of carboxylic acids is 1. The number of hydrogen-bond donors (Lipinski definition) is 2. The number of hydrogen-bond acceptors (Lipinski definition) is 3. The van der Waals surface area contributed by atoms with Crippen molar-refractivity contribution in [3.63, 3.8) is 0 Å². The Balaban J connectivity index is 2.60. The molecule has 0 spiro atoms. The highest BCUT2D eigenvalue weighted by Crippen LogP contribution is 2.22. The number of aliphatic carboxylic acids is 1. The van der Waals surface area contributed by atoms with Crippen molar-refractivity contribution in [1.29, 1.82) is 0 Å². The van der Waals surface area contributed by atoms with Crippen LogP contribution in [0.1, 0.15) is 26.7 Å². The largest absolute Gasteiger partial charge is 0.481 e. The second-order valence-electron chi connectivity index (χ2n) is 3.85. The Hall–Kier alpha value is -0.610. The third-order valence-electron chi connectivity index (χ3n) is 2.60. The fraction of sp³-hybridized carbons (Fsp3) is 0.889. The monoisotopic (exact) mass is 187 g/mol. The number of likely N-dealkylation sites (tertiary alicyclic amines) is 1. The van der Waals surface area contributed by atoms with Crippen LogP contribution in [-0.4, -0.2) is 45.8 Å². The van der Waals surface area contributed by atoms with E-state index in [4.69, 9.17) is 5.11 Å². The molecule has 2 atom stereocenters. The third kappa shape index (κ3) is 2.42. The Kier molecular flexibility index (Phi) is 3.27. The van der Waals surface area contributed by atoms with E-state index in [1.165, 1.54) is 0 Å². The van der Waals surface area contributed by atoms with Gasteiger partial charge in [-0.1, -0.05) is 0 Å². The molecule has 0 unspecified atom stereocenters. The predicted octanol–water partition coefficient (Wildman–Crippen LogP) is 0.305. The number of aliphatic hydroxyl groups is 1. The summed E-state index contributed by atoms with van der Waals surface area (Å²) in [5.41, 5.74) is 0. The summed E-state index contributed by atoms with van der Waals surface area (Å²) >= 11 is 0. The van der Waals surface area contributed by atoms with E-state index in [0.29, 0.717) is 12.5 Å². The van der Waals surface area contributed by atoms with E-state index in [-0.39, 0.29) is 12.5 Å². The molecule has 1 saturated heterocycles. The smallest absolute Gasteiger partial charge is 0.305 e. The van der Waals surface area contributed by atoms with Gasteiger partial charge in [0.2, 0.25) is 0 Å². The molecule has 0 saturated carbocycles. The third-order valence-corrected chi connectivity index (χ3v) is 2.60. The Morgan fingerprint density at radius 1 is 1.62 bits per heavy atom. The van der Waals surface area contributed by atoms with E-state index in [0.717, 1.165) is 6.54 Å². The minimum Gasteiger partial charge on any atom is -0.481 e. The zero-order valence-corrected chi connectivity index (χ0v) is 8.10. The van der Waals surface area contributed by atoms with E-state index in [1.54, 1.807) is 0 Å². The highest BCUT2D eigenvalue weighted by molar-refractivity contribution is 5.67. The second-order valence-corrected chi connectivity index (χ2v) is 3.85. The lowest BCUT2D eigenvalue weighted by Crippen LogP contribution is -2.41. The molecule has 2 N–H and O–H groups in total. The lowest BCUT2D eigenvalue weighted by Gasteiger charge is -2.28. The molecule has 76 valence electrons. The van der Waals surface area contributed by atoms with Crippen LogP contribution in [0, 0.1) is 0 Å². The van der Waals surface area contributed by atoms with Crippen LogP contribution in [0.3, 0.4) is 0 Å². The van der Waals surface area contributed by atoms with Crippen molar-refractivity contribution in [2.45, 2.75) is 44.9 Å². The molecule has 0 bridgehead atoms. The van der Waals surface area contributed by atoms with Crippen molar-refractivity contribution in [2.24, 2.45) is 0 Å². The lowest BCUT2D eigenvalue weighted by molar-refractivity contribution is -0.139. The molecule has 0 aliphatic carbocycles. The normalized spacial score (nSPS) is 29.8. The lowest BCUT2D eigenvalue weighted by atomic mass is 10.1. The van der Waals surface area contributed by atoms with Gasteiger partial charge in [-0.25, -0.2) is 0 Å². The molecule has 1 aliphatic rings. The van der Waals surface area contributed by atoms with E-state index in [9.17, 15) is 9.90 Å². The van der Waals surface area contributed by atoms with Gasteiger partial charge in [-0.15, -0.1) is 0 Å². The molecular formula is C9H17NO3. The van der Waals surface area contributed by atoms with Crippen molar-refractivity contribution in [1.82, 2.24) is 4.90 Å². The van der Waals surface area contributed by atoms with Gasteiger partial charge in [0.1, 0.15) is 0 Å². The summed E-state index contributed by atoms with van der Waals surface area (Å²) in [6, 6.07) is 0.110. The van der Waals surface area contributed by atoms with E-state index >= 15 is 0 Å². The zero-order valence-electron chi connectivity index (χ0n) is 8.10. The molecule has 0 aromatic carbocycles. The average Bonchev–Trinajstić information content (AvgIpc) is 2.32. The van der Waals surface area contributed by atoms with Gasteiger partial charge in [-0.2, -0.15) is 0 Å². The Morgan fingerprint density at radius 3 is 2.69 bits per heavy atom. The molecule has 1 rings (SSSR count). The SMILES string of the molecule is CC(C)N1CC[C@@H](O)[C@H]1CC(=O)O. The minimum absolute atomic E-state index is 0.0410. The molecule has 1 heterocycles. The summed E-state index contributed by atoms with van der Waals surface area (Å²) in [4.78, 5) is 12.6. The Morgan fingerprint density at radius 2 is 2.23 bits per heavy atom. The van der Waals surface area contributed by atoms with Crippen LogP contribution in [0.15, 0.2) is 0 Å². The zero-order chi connectivity index (χ0) is 10.0. The second kappa shape index (κ2) is 4.07. The summed E-state index contributed by atoms with van der Waals surface area (Å²) in [5.74, 6) is -0.836. The van der Waals surface area contributed by atoms with Gasteiger partial charge in [0.15, 0.2) is 0 Å². The van der Waals surface area contributed by atoms with Crippen LogP contribution in [0.4, 0.5) is 0 Å². The molecule has 1 fully saturated rings. The van der Waals surface area contributed by atoms with Crippen molar-refractivity contribution in [3.8, 4) is 0 Å². The van der Waals surface area contributed by atoms with Crippen LogP contribution >= 0.6 is 0 Å². The summed E-state index contributed by atoms with van der Waals surface area (Å²) < 4.78 is 0. The molecule has 0 aromatic rings. The standard InChI is InChI=1S/C9H17NO3/c1-6(2)10-4-3-8(11)7(10)5-9(12)13/h6-8,11H,3-5H2,1-2H3,(H,12,13)/t7-,8-/m1/s1. The topological polar surface area (TPSA) is 60.8 Å². The quantitative estimate of drug-likeness (QED) is 0.667. The Labute approximate surface area is 78.2 Å². The summed E-state index contributed by atoms with van der Waals surface area (Å²) in [6.07, 6.45) is 0.258. The van der Waals surface area contributed by atoms with Crippen molar-refractivity contribution in [2.75, 3.05) is 6.54 Å². The van der Waals surface area contributed by atoms with Crippen LogP contribution in [0.25, 0.3) is 0 Å². The molecule has 4 nitrogen and oxygen atoms in total. The molecule has 13 heavy (non-hydrogen) atoms. The predicted molar refractivity (Wildman–Crippen MR) is 48.5 cm³/mol. The first-order valence-corrected chi connectivity index (χ1v) is 4.68. The maximum Gasteiger partial charge on any atom is 0.305 e. The number of carbonyl (C=O) groups is 1. The number of nitrogens with zero attached hydrogens (tertiary/aromatic N) is 1. The number of carboxylic acid groups (broad SMARTS) is 1. The number of rotatable bonds is 3. The fourth-order valence-electron chi connectivity index (χ4n) is 1.93. The molecule has 4 heteroatoms. The van der Waals surface area contributed by atoms with Crippen LogP contribution in [0.5, 0.6) is 0 Å². The first-order chi connectivity index (χ1) is 6.02. The number of aliphatic hydroxyl groups excluding tert-OH is 1. The van der Waals surface area contributed by atoms with Gasteiger partial charge in [0, 0.05) is 18.6 Å². The summed E-state index contributed by atoms with van der Waals surface area (Å²) in [6.45, 7) is 4.84. The first kappa shape index (κ1) is 10.5. The van der Waals surface area contributed by atoms with Gasteiger partial charge >= 0.3 is 5.97 Å². The van der Waals surface area contributed by atoms with E-state index in [1.807, 2.05) is 13.8 Å². The molecule has 0 amide bonds. The van der Waals surface area contributed by atoms with Crippen molar-refractivity contribution in [3.05, 3.63) is 0 Å². The maximum atomic E-state index is 10.5. The fourth-order valence-corrected chi connectivity index (χ4v) is 1.93. The molecular weight excluding hydrogens is 170 g/mol. The van der Waals surface area contributed by atoms with Crippen LogP contribution in [0.2, 0.25) is 0 Å². The Bertz CT molecular complexity index is 193. The van der Waals surface area contributed by atoms with Gasteiger partial charge in [-0.3, -0.25) is 9.69 Å². The van der Waals surface area contributed by atoms with Crippen LogP contribution < -0.4 is 0 Å². The van der Waals surface area contributed by atoms with Gasteiger partial charge in [0.05, 0.1) is 12.5 Å². The van der Waals surface area contributed by atoms with Gasteiger partial charge < -0.3 is 10.2 Å². The highest BCUT2D eigenvalue weighted by atomic mass is 16.4. The summed E-state index contributed by atoms with van der Waals surface area (Å²) in [5, 5.41) is 18.2. The van der Waals surface area contributed by atoms with E-state index < -0.39 is 12.1 Å². The van der Waals surface area contributed by atoms with Gasteiger partial charge in [0.25, 0.3) is 0 Å². The van der Waals surface area contributed by atoms with Crippen molar-refractivity contribution >= 4 is 5.97 Å². The van der Waals surface area contributed by atoms with Crippen molar-refractivity contribution < 1.29 is 15.0 Å². The minimum atomic E-state index is -0.836. The maximum absolute atomic E-state index is 10.5.